The summed E-state index contributed by atoms with van der Waals surface area (Å²) in [5, 5.41) is 0. The summed E-state index contributed by atoms with van der Waals surface area (Å²) >= 11 is 0. The lowest BCUT2D eigenvalue weighted by atomic mass is 10.1. The van der Waals surface area contributed by atoms with Crippen LogP contribution in [0.15, 0.2) is 0 Å². The van der Waals surface area contributed by atoms with Crippen molar-refractivity contribution in [1.29, 1.82) is 0 Å². The first-order valence-electron chi connectivity index (χ1n) is 4.94. The Morgan fingerprint density at radius 3 is 3.07 bits per heavy atom. The molecule has 0 spiro atoms. The molecule has 0 aromatic carbocycles. The number of carbonyl (C=O) groups is 1. The Hall–Kier alpha value is -0.810. The fourth-order valence-corrected chi connectivity index (χ4v) is 1.37. The average molecular weight is 202 g/mol. The second-order valence-electron chi connectivity index (χ2n) is 3.41. The predicted octanol–water partition coefficient (Wildman–Crippen LogP) is 0.191. The number of rotatable bonds is 2. The first-order valence-corrected chi connectivity index (χ1v) is 4.94. The summed E-state index contributed by atoms with van der Waals surface area (Å²) in [5.74, 6) is 0. The van der Waals surface area contributed by atoms with Gasteiger partial charge in [-0.1, -0.05) is 0 Å². The number of hydrogen-bond acceptors (Lipinski definition) is 4. The van der Waals surface area contributed by atoms with E-state index in [9.17, 15) is 4.79 Å². The monoisotopic (exact) mass is 202 g/mol. The molecule has 1 heterocycles. The van der Waals surface area contributed by atoms with E-state index in [1.165, 1.54) is 0 Å². The van der Waals surface area contributed by atoms with Gasteiger partial charge < -0.3 is 20.1 Å². The molecule has 0 saturated carbocycles. The zero-order chi connectivity index (χ0) is 10.6. The first kappa shape index (κ1) is 11.3. The van der Waals surface area contributed by atoms with Crippen LogP contribution in [0.5, 0.6) is 0 Å². The molecule has 1 rings (SSSR count). The van der Waals surface area contributed by atoms with E-state index < -0.39 is 0 Å². The van der Waals surface area contributed by atoms with Crippen LogP contribution in [0.2, 0.25) is 0 Å². The fourth-order valence-electron chi connectivity index (χ4n) is 1.37. The Balaban J connectivity index is 2.43. The highest BCUT2D eigenvalue weighted by Crippen LogP contribution is 2.08. The summed E-state index contributed by atoms with van der Waals surface area (Å²) < 4.78 is 10.3. The van der Waals surface area contributed by atoms with Gasteiger partial charge >= 0.3 is 6.09 Å². The summed E-state index contributed by atoms with van der Waals surface area (Å²) in [4.78, 5) is 13.0. The minimum absolute atomic E-state index is 0.0628. The van der Waals surface area contributed by atoms with Crippen LogP contribution in [0.3, 0.4) is 0 Å². The van der Waals surface area contributed by atoms with Gasteiger partial charge in [0.2, 0.25) is 0 Å². The Bertz CT molecular complexity index is 196. The molecule has 0 aromatic rings. The lowest BCUT2D eigenvalue weighted by molar-refractivity contribution is -0.0349. The van der Waals surface area contributed by atoms with Gasteiger partial charge in [-0.15, -0.1) is 0 Å². The van der Waals surface area contributed by atoms with E-state index in [2.05, 4.69) is 0 Å². The minimum Gasteiger partial charge on any atom is -0.450 e. The molecule has 2 atom stereocenters. The van der Waals surface area contributed by atoms with Crippen molar-refractivity contribution in [3.05, 3.63) is 0 Å². The van der Waals surface area contributed by atoms with Gasteiger partial charge in [0.1, 0.15) is 0 Å². The molecule has 1 aliphatic heterocycles. The third-order valence-electron chi connectivity index (χ3n) is 2.21. The van der Waals surface area contributed by atoms with E-state index in [0.29, 0.717) is 26.3 Å². The number of nitrogens with two attached hydrogens (primary N) is 1. The number of morpholine rings is 1. The molecular formula is C9H18N2O3. The number of nitrogens with zero attached hydrogens (tertiary/aromatic N) is 1. The van der Waals surface area contributed by atoms with Gasteiger partial charge in [-0.2, -0.15) is 0 Å². The molecule has 1 saturated heterocycles. The summed E-state index contributed by atoms with van der Waals surface area (Å²) in [7, 11) is 0. The molecule has 1 aliphatic rings. The summed E-state index contributed by atoms with van der Waals surface area (Å²) in [6.45, 7) is 5.71. The van der Waals surface area contributed by atoms with Gasteiger partial charge in [0, 0.05) is 12.6 Å². The molecule has 2 unspecified atom stereocenters. The second kappa shape index (κ2) is 5.17. The zero-order valence-electron chi connectivity index (χ0n) is 8.73. The van der Waals surface area contributed by atoms with E-state index in [-0.39, 0.29) is 18.2 Å². The SMILES string of the molecule is CCOC(=O)N1CCOC(C(C)N)C1. The van der Waals surface area contributed by atoms with Crippen molar-refractivity contribution in [1.82, 2.24) is 4.90 Å². The van der Waals surface area contributed by atoms with E-state index in [4.69, 9.17) is 15.2 Å². The van der Waals surface area contributed by atoms with Gasteiger partial charge in [-0.25, -0.2) is 4.79 Å². The lowest BCUT2D eigenvalue weighted by Gasteiger charge is -2.33. The topological polar surface area (TPSA) is 64.8 Å². The van der Waals surface area contributed by atoms with Crippen molar-refractivity contribution in [3.63, 3.8) is 0 Å². The molecule has 14 heavy (non-hydrogen) atoms. The molecule has 0 radical (unpaired) electrons. The van der Waals surface area contributed by atoms with Crippen molar-refractivity contribution in [2.24, 2.45) is 5.73 Å². The molecule has 2 N–H and O–H groups in total. The van der Waals surface area contributed by atoms with Gasteiger partial charge in [0.05, 0.1) is 25.9 Å². The van der Waals surface area contributed by atoms with Crippen LogP contribution in [-0.2, 0) is 9.47 Å². The van der Waals surface area contributed by atoms with Crippen LogP contribution in [0.25, 0.3) is 0 Å². The van der Waals surface area contributed by atoms with Gasteiger partial charge in [-0.05, 0) is 13.8 Å². The van der Waals surface area contributed by atoms with Gasteiger partial charge in [-0.3, -0.25) is 0 Å². The number of carbonyl (C=O) groups excluding carboxylic acids is 1. The van der Waals surface area contributed by atoms with Gasteiger partial charge in [0.25, 0.3) is 0 Å². The normalized spacial score (nSPS) is 24.5. The quantitative estimate of drug-likeness (QED) is 0.694. The molecule has 1 fully saturated rings. The highest BCUT2D eigenvalue weighted by atomic mass is 16.6. The van der Waals surface area contributed by atoms with Crippen LogP contribution in [0.1, 0.15) is 13.8 Å². The first-order chi connectivity index (χ1) is 6.65. The van der Waals surface area contributed by atoms with E-state index in [0.717, 1.165) is 0 Å². The van der Waals surface area contributed by atoms with Gasteiger partial charge in [0.15, 0.2) is 0 Å². The Labute approximate surface area is 84.1 Å². The third-order valence-corrected chi connectivity index (χ3v) is 2.21. The zero-order valence-corrected chi connectivity index (χ0v) is 8.73. The van der Waals surface area contributed by atoms with E-state index in [1.807, 2.05) is 6.92 Å². The van der Waals surface area contributed by atoms with Crippen molar-refractivity contribution < 1.29 is 14.3 Å². The maximum absolute atomic E-state index is 11.4. The van der Waals surface area contributed by atoms with Crippen molar-refractivity contribution in [3.8, 4) is 0 Å². The molecule has 0 aliphatic carbocycles. The van der Waals surface area contributed by atoms with Crippen molar-refractivity contribution >= 4 is 6.09 Å². The largest absolute Gasteiger partial charge is 0.450 e. The Kier molecular flexibility index (Phi) is 4.16. The Morgan fingerprint density at radius 1 is 1.79 bits per heavy atom. The minimum atomic E-state index is -0.276. The standard InChI is InChI=1S/C9H18N2O3/c1-3-13-9(12)11-4-5-14-8(6-11)7(2)10/h7-8H,3-6,10H2,1-2H3. The number of amides is 1. The Morgan fingerprint density at radius 2 is 2.50 bits per heavy atom. The molecule has 82 valence electrons. The lowest BCUT2D eigenvalue weighted by Crippen LogP contribution is -2.51. The van der Waals surface area contributed by atoms with E-state index in [1.54, 1.807) is 11.8 Å². The second-order valence-corrected chi connectivity index (χ2v) is 3.41. The van der Waals surface area contributed by atoms with Crippen LogP contribution in [0.4, 0.5) is 4.79 Å². The maximum Gasteiger partial charge on any atom is 0.409 e. The van der Waals surface area contributed by atoms with Crippen LogP contribution in [-0.4, -0.2) is 49.4 Å². The van der Waals surface area contributed by atoms with Crippen LogP contribution >= 0.6 is 0 Å². The predicted molar refractivity (Wildman–Crippen MR) is 52.0 cm³/mol. The molecular weight excluding hydrogens is 184 g/mol. The average Bonchev–Trinajstić information content (AvgIpc) is 2.18. The molecule has 0 aromatic heterocycles. The van der Waals surface area contributed by atoms with Crippen molar-refractivity contribution in [2.45, 2.75) is 26.0 Å². The van der Waals surface area contributed by atoms with Crippen LogP contribution < -0.4 is 5.73 Å². The fraction of sp³-hybridized carbons (Fsp3) is 0.889. The van der Waals surface area contributed by atoms with Crippen molar-refractivity contribution in [2.75, 3.05) is 26.3 Å². The number of hydrogen-bond donors (Lipinski definition) is 1. The van der Waals surface area contributed by atoms with Crippen LogP contribution in [0, 0.1) is 0 Å². The summed E-state index contributed by atoms with van der Waals surface area (Å²) in [5.41, 5.74) is 5.70. The summed E-state index contributed by atoms with van der Waals surface area (Å²) in [6, 6.07) is -0.0628. The number of ether oxygens (including phenoxy) is 2. The molecule has 0 bridgehead atoms. The maximum atomic E-state index is 11.4. The molecule has 5 heteroatoms. The highest BCUT2D eigenvalue weighted by Gasteiger charge is 2.26. The molecule has 5 nitrogen and oxygen atoms in total. The van der Waals surface area contributed by atoms with E-state index >= 15 is 0 Å². The highest BCUT2D eigenvalue weighted by molar-refractivity contribution is 5.67. The smallest absolute Gasteiger partial charge is 0.409 e. The third kappa shape index (κ3) is 2.85. The summed E-state index contributed by atoms with van der Waals surface area (Å²) in [6.07, 6.45) is -0.352. The molecule has 1 amide bonds.